The van der Waals surface area contributed by atoms with Gasteiger partial charge in [0.2, 0.25) is 5.91 Å². The molecule has 2 aliphatic heterocycles. The van der Waals surface area contributed by atoms with Crippen LogP contribution in [0.15, 0.2) is 118 Å². The number of halogens is 4. The Hall–Kier alpha value is -6.55. The van der Waals surface area contributed by atoms with Crippen LogP contribution in [0.25, 0.3) is 44.6 Å². The number of thioether (sulfide) groups is 1. The van der Waals surface area contributed by atoms with E-state index in [-0.39, 0.29) is 55.7 Å². The highest BCUT2D eigenvalue weighted by Crippen LogP contribution is 2.41. The summed E-state index contributed by atoms with van der Waals surface area (Å²) in [5, 5.41) is 4.65. The molecule has 2 aromatic heterocycles. The second kappa shape index (κ2) is 25.9. The number of hydrogen-bond donors (Lipinski definition) is 3. The number of aldehydes is 1. The van der Waals surface area contributed by atoms with Crippen LogP contribution < -0.4 is 25.9 Å². The summed E-state index contributed by atoms with van der Waals surface area (Å²) >= 11 is 25.6. The number of hydrogen-bond acceptors (Lipinski definition) is 15. The predicted octanol–water partition coefficient (Wildman–Crippen LogP) is 7.37. The number of nitrogens with zero attached hydrogens (tertiary/aromatic N) is 3. The highest BCUT2D eigenvalue weighted by Gasteiger charge is 2.54. The Morgan fingerprint density at radius 1 is 0.767 bits per heavy atom. The Labute approximate surface area is 440 Å². The average molecular weight is 1090 g/mol. The summed E-state index contributed by atoms with van der Waals surface area (Å²) in [6, 6.07) is 18.7. The van der Waals surface area contributed by atoms with Crippen molar-refractivity contribution >= 4 is 104 Å². The summed E-state index contributed by atoms with van der Waals surface area (Å²) in [5.41, 5.74) is 1.82. The molecule has 23 heteroatoms. The van der Waals surface area contributed by atoms with Gasteiger partial charge >= 0.3 is 5.97 Å². The molecule has 18 nitrogen and oxygen atoms in total. The lowest BCUT2D eigenvalue weighted by molar-refractivity contribution is -0.152. The number of benzene rings is 4. The molecular formula is C50H44Cl4N6O12S. The minimum atomic E-state index is -0.833. The molecular weight excluding hydrogens is 1050 g/mol. The predicted molar refractivity (Wildman–Crippen MR) is 279 cm³/mol. The van der Waals surface area contributed by atoms with E-state index in [0.29, 0.717) is 108 Å². The standard InChI is InChI=1S/C34H34Cl2N4O9S.C16H10Cl2N2O3/c1-3-10-49-34(44)29-20(19-50-33-28(32(43)40(29)33)38-27(41)18-47-15-14-46-13-12-45-2)5-4-11-48-26-9-7-22(36)17-24(26)30-37-25-8-6-21(35)16-23(25)31(42)39-30;17-9-1-3-13-11(7-9)16(22)20-15(19-13)12-8-10(18)2-4-14(12)23-6-5-21/h3-9,16-17,28,33H,1,10-15,18-19H2,2H3,(H,38,41)(H,37,39,42);1-5,7-8H,6H2,(H,19,20,22)/b5-4+;. The number of fused-ring (bicyclic) bond motifs is 3. The largest absolute Gasteiger partial charge is 0.489 e. The maximum atomic E-state index is 13.2. The number of carbonyl (C=O) groups excluding carboxylic acids is 4. The van der Waals surface area contributed by atoms with Crippen LogP contribution in [0.4, 0.5) is 0 Å². The first-order valence-corrected chi connectivity index (χ1v) is 24.6. The molecule has 3 N–H and O–H groups in total. The zero-order valence-electron chi connectivity index (χ0n) is 38.6. The quantitative estimate of drug-likeness (QED) is 0.0210. The van der Waals surface area contributed by atoms with Gasteiger partial charge in [-0.1, -0.05) is 65.1 Å². The molecule has 2 unspecified atom stereocenters. The third kappa shape index (κ3) is 13.7. The van der Waals surface area contributed by atoms with Crippen molar-refractivity contribution in [2.45, 2.75) is 11.4 Å². The first-order valence-electron chi connectivity index (χ1n) is 22.0. The molecule has 4 heterocycles. The zero-order valence-corrected chi connectivity index (χ0v) is 42.5. The number of H-pyrrole nitrogens is 2. The number of nitrogens with one attached hydrogen (secondary N) is 3. The molecule has 1 fully saturated rings. The van der Waals surface area contributed by atoms with Crippen molar-refractivity contribution in [3.8, 4) is 34.3 Å². The van der Waals surface area contributed by atoms with Gasteiger partial charge in [0.1, 0.15) is 66.7 Å². The zero-order chi connectivity index (χ0) is 52.0. The smallest absolute Gasteiger partial charge is 0.355 e. The van der Waals surface area contributed by atoms with Crippen molar-refractivity contribution in [3.63, 3.8) is 0 Å². The van der Waals surface area contributed by atoms with E-state index in [1.807, 2.05) is 0 Å². The van der Waals surface area contributed by atoms with E-state index in [9.17, 15) is 28.8 Å². The van der Waals surface area contributed by atoms with Gasteiger partial charge in [0.05, 0.1) is 59.4 Å². The second-order valence-electron chi connectivity index (χ2n) is 15.5. The number of amides is 2. The highest BCUT2D eigenvalue weighted by atomic mass is 35.5. The van der Waals surface area contributed by atoms with Gasteiger partial charge in [-0.25, -0.2) is 14.8 Å². The minimum absolute atomic E-state index is 0.0494. The van der Waals surface area contributed by atoms with Crippen molar-refractivity contribution in [2.24, 2.45) is 0 Å². The van der Waals surface area contributed by atoms with Crippen LogP contribution in [0.5, 0.6) is 11.5 Å². The average Bonchev–Trinajstić information content (AvgIpc) is 3.38. The number of carbonyl (C=O) groups is 4. The molecule has 8 rings (SSSR count). The Morgan fingerprint density at radius 3 is 1.89 bits per heavy atom. The molecule has 2 amide bonds. The topological polar surface area (TPSA) is 230 Å². The van der Waals surface area contributed by atoms with Crippen molar-refractivity contribution < 1.29 is 47.6 Å². The fourth-order valence-corrected chi connectivity index (χ4v) is 9.27. The molecule has 0 radical (unpaired) electrons. The van der Waals surface area contributed by atoms with Gasteiger partial charge in [0, 0.05) is 33.0 Å². The van der Waals surface area contributed by atoms with Gasteiger partial charge < -0.3 is 43.7 Å². The van der Waals surface area contributed by atoms with E-state index >= 15 is 0 Å². The summed E-state index contributed by atoms with van der Waals surface area (Å²) in [5.74, 6) is 0.0984. The molecule has 0 aliphatic carbocycles. The number of aromatic nitrogens is 4. The molecule has 2 aliphatic rings. The molecule has 1 saturated heterocycles. The first-order chi connectivity index (χ1) is 35.3. The Kier molecular flexibility index (Phi) is 19.2. The third-order valence-corrected chi connectivity index (χ3v) is 12.8. The number of rotatable bonds is 21. The Balaban J connectivity index is 0.000000281. The molecule has 2 atom stereocenters. The number of β-lactam (4-membered cyclic amide) rings is 1. The maximum Gasteiger partial charge on any atom is 0.355 e. The summed E-state index contributed by atoms with van der Waals surface area (Å²) < 4.78 is 32.2. The van der Waals surface area contributed by atoms with E-state index in [0.717, 1.165) is 0 Å². The van der Waals surface area contributed by atoms with Crippen molar-refractivity contribution in [1.82, 2.24) is 30.2 Å². The Bertz CT molecular complexity index is 3240. The SMILES string of the molecule is C=CCOC(=O)C1=C(/C=C/COc2ccc(Cl)cc2-c2nc3ccc(Cl)cc3c(=O)[nH]2)CSC2C(NC(=O)COCCOCCOC)C(=O)N12.O=CCOc1ccc(Cl)cc1-c1nc2ccc(Cl)cc2c(=O)[nH]1. The monoisotopic (exact) mass is 1090 g/mol. The van der Waals surface area contributed by atoms with Gasteiger partial charge in [-0.15, -0.1) is 11.8 Å². The first kappa shape index (κ1) is 54.2. The van der Waals surface area contributed by atoms with Crippen LogP contribution >= 0.6 is 58.2 Å². The van der Waals surface area contributed by atoms with Crippen LogP contribution in [0.2, 0.25) is 20.1 Å². The molecule has 0 spiro atoms. The maximum absolute atomic E-state index is 13.2. The van der Waals surface area contributed by atoms with Gasteiger partial charge in [0.25, 0.3) is 17.0 Å². The third-order valence-electron chi connectivity index (χ3n) is 10.6. The van der Waals surface area contributed by atoms with Gasteiger partial charge in [-0.3, -0.25) is 28.9 Å². The number of ether oxygens (including phenoxy) is 6. The molecule has 73 heavy (non-hydrogen) atoms. The normalized spacial score (nSPS) is 15.1. The van der Waals surface area contributed by atoms with Crippen LogP contribution in [-0.4, -0.2) is 126 Å². The lowest BCUT2D eigenvalue weighted by Crippen LogP contribution is -2.70. The molecule has 380 valence electrons. The van der Waals surface area contributed by atoms with E-state index in [1.54, 1.807) is 92.1 Å². The van der Waals surface area contributed by atoms with Gasteiger partial charge in [0.15, 0.2) is 6.29 Å². The van der Waals surface area contributed by atoms with Gasteiger partial charge in [-0.05, 0) is 84.4 Å². The Morgan fingerprint density at radius 2 is 1.32 bits per heavy atom. The highest BCUT2D eigenvalue weighted by molar-refractivity contribution is 8.00. The minimum Gasteiger partial charge on any atom is -0.489 e. The summed E-state index contributed by atoms with van der Waals surface area (Å²) in [4.78, 5) is 90.2. The van der Waals surface area contributed by atoms with E-state index in [2.05, 4.69) is 31.8 Å². The lowest BCUT2D eigenvalue weighted by Gasteiger charge is -2.49. The van der Waals surface area contributed by atoms with E-state index in [1.165, 1.54) is 22.7 Å². The van der Waals surface area contributed by atoms with Crippen LogP contribution in [0.3, 0.4) is 0 Å². The van der Waals surface area contributed by atoms with Crippen LogP contribution in [0, 0.1) is 0 Å². The molecule has 6 aromatic rings. The number of allylic oxidation sites excluding steroid dienone is 1. The van der Waals surface area contributed by atoms with Gasteiger partial charge in [-0.2, -0.15) is 0 Å². The van der Waals surface area contributed by atoms with Crippen molar-refractivity contribution in [1.29, 1.82) is 0 Å². The summed E-state index contributed by atoms with van der Waals surface area (Å²) in [6.07, 6.45) is 5.44. The van der Waals surface area contributed by atoms with Crippen LogP contribution in [-0.2, 0) is 38.1 Å². The molecule has 0 bridgehead atoms. The fraction of sp³-hybridized carbons (Fsp3) is 0.240. The summed E-state index contributed by atoms with van der Waals surface area (Å²) in [6.45, 7) is 4.61. The number of esters is 1. The van der Waals surface area contributed by atoms with Crippen molar-refractivity contribution in [3.05, 3.63) is 150 Å². The van der Waals surface area contributed by atoms with E-state index < -0.39 is 29.2 Å². The summed E-state index contributed by atoms with van der Waals surface area (Å²) in [7, 11) is 1.57. The van der Waals surface area contributed by atoms with Crippen LogP contribution in [0.1, 0.15) is 0 Å². The second-order valence-corrected chi connectivity index (χ2v) is 18.3. The van der Waals surface area contributed by atoms with E-state index in [4.69, 9.17) is 74.8 Å². The van der Waals surface area contributed by atoms with Crippen molar-refractivity contribution in [2.75, 3.05) is 65.7 Å². The number of aromatic amines is 2. The lowest BCUT2D eigenvalue weighted by atomic mass is 10.0. The molecule has 4 aromatic carbocycles. The number of methoxy groups -OCH3 is 1. The fourth-order valence-electron chi connectivity index (χ4n) is 7.26. The molecule has 0 saturated carbocycles.